The first-order valence-electron chi connectivity index (χ1n) is 7.18. The smallest absolute Gasteiger partial charge is 0.0697 e. The summed E-state index contributed by atoms with van der Waals surface area (Å²) in [5, 5.41) is 8.08. The number of nitrogens with one attached hydrogen (secondary N) is 1. The number of likely N-dealkylation sites (N-methyl/N-ethyl adjacent to an activating group) is 1. The van der Waals surface area contributed by atoms with Crippen LogP contribution in [0.4, 0.5) is 0 Å². The second-order valence-electron chi connectivity index (χ2n) is 5.19. The molecule has 0 spiro atoms. The normalized spacial score (nSPS) is 13.1. The van der Waals surface area contributed by atoms with Crippen LogP contribution >= 0.6 is 15.9 Å². The van der Waals surface area contributed by atoms with Gasteiger partial charge in [0.25, 0.3) is 0 Å². The molecule has 1 unspecified atom stereocenters. The largest absolute Gasteiger partial charge is 0.385 e. The Bertz CT molecular complexity index is 373. The fourth-order valence-corrected chi connectivity index (χ4v) is 2.65. The minimum absolute atomic E-state index is 0.272. The predicted molar refractivity (Wildman–Crippen MR) is 86.0 cm³/mol. The monoisotopic (exact) mass is 346 g/mol. The quantitative estimate of drug-likeness (QED) is 0.705. The second kappa shape index (κ2) is 9.50. The first-order valence-corrected chi connectivity index (χ1v) is 7.97. The highest BCUT2D eigenvalue weighted by Gasteiger charge is 2.19. The summed E-state index contributed by atoms with van der Waals surface area (Å²) in [5.41, 5.74) is 1.22. The maximum Gasteiger partial charge on any atom is 0.0697 e. The summed E-state index contributed by atoms with van der Waals surface area (Å²) < 4.78 is 8.40. The van der Waals surface area contributed by atoms with Crippen LogP contribution in [-0.2, 0) is 11.3 Å². The number of hydrogen-bond donors (Lipinski definition) is 1. The lowest BCUT2D eigenvalue weighted by atomic mass is 10.1. The zero-order chi connectivity index (χ0) is 15.0. The molecule has 0 aliphatic rings. The molecule has 0 saturated heterocycles. The van der Waals surface area contributed by atoms with Gasteiger partial charge in [-0.05, 0) is 49.4 Å². The van der Waals surface area contributed by atoms with E-state index < -0.39 is 0 Å². The first kappa shape index (κ1) is 17.6. The highest BCUT2D eigenvalue weighted by Crippen LogP contribution is 2.25. The van der Waals surface area contributed by atoms with E-state index in [1.165, 1.54) is 5.69 Å². The van der Waals surface area contributed by atoms with E-state index in [0.29, 0.717) is 0 Å². The van der Waals surface area contributed by atoms with Crippen molar-refractivity contribution in [3.05, 3.63) is 16.4 Å². The summed E-state index contributed by atoms with van der Waals surface area (Å²) >= 11 is 3.63. The Labute approximate surface area is 130 Å². The van der Waals surface area contributed by atoms with E-state index in [9.17, 15) is 0 Å². The van der Waals surface area contributed by atoms with Gasteiger partial charge in [0.05, 0.1) is 29.0 Å². The van der Waals surface area contributed by atoms with Crippen molar-refractivity contribution in [1.29, 1.82) is 0 Å². The Morgan fingerprint density at radius 3 is 2.85 bits per heavy atom. The third kappa shape index (κ3) is 5.52. The van der Waals surface area contributed by atoms with Gasteiger partial charge in [0.15, 0.2) is 0 Å². The number of rotatable bonds is 10. The van der Waals surface area contributed by atoms with E-state index in [4.69, 9.17) is 4.74 Å². The van der Waals surface area contributed by atoms with Crippen LogP contribution in [0.5, 0.6) is 0 Å². The van der Waals surface area contributed by atoms with E-state index >= 15 is 0 Å². The van der Waals surface area contributed by atoms with Crippen molar-refractivity contribution < 1.29 is 4.74 Å². The molecule has 1 aromatic heterocycles. The lowest BCUT2D eigenvalue weighted by molar-refractivity contribution is 0.181. The number of hydrogen-bond acceptors (Lipinski definition) is 4. The zero-order valence-corrected chi connectivity index (χ0v) is 14.6. The zero-order valence-electron chi connectivity index (χ0n) is 13.0. The maximum atomic E-state index is 5.24. The van der Waals surface area contributed by atoms with Gasteiger partial charge in [0.1, 0.15) is 0 Å². The van der Waals surface area contributed by atoms with Crippen molar-refractivity contribution in [2.24, 2.45) is 0 Å². The van der Waals surface area contributed by atoms with E-state index in [-0.39, 0.29) is 6.04 Å². The third-order valence-corrected chi connectivity index (χ3v) is 3.78. The fraction of sp³-hybridized carbons (Fsp3) is 0.786. The first-order chi connectivity index (χ1) is 9.60. The minimum Gasteiger partial charge on any atom is -0.385 e. The van der Waals surface area contributed by atoms with Crippen LogP contribution in [0.1, 0.15) is 31.5 Å². The lowest BCUT2D eigenvalue weighted by Crippen LogP contribution is -2.28. The van der Waals surface area contributed by atoms with Crippen LogP contribution < -0.4 is 5.32 Å². The van der Waals surface area contributed by atoms with Gasteiger partial charge in [-0.15, -0.1) is 0 Å². The van der Waals surface area contributed by atoms with Crippen molar-refractivity contribution in [2.45, 2.75) is 32.4 Å². The van der Waals surface area contributed by atoms with E-state index in [1.807, 2.05) is 6.20 Å². The van der Waals surface area contributed by atoms with Crippen LogP contribution in [0.2, 0.25) is 0 Å². The molecule has 1 heterocycles. The summed E-state index contributed by atoms with van der Waals surface area (Å²) in [5.74, 6) is 0. The van der Waals surface area contributed by atoms with Crippen LogP contribution in [0.25, 0.3) is 0 Å². The van der Waals surface area contributed by atoms with Gasteiger partial charge >= 0.3 is 0 Å². The molecule has 1 atom stereocenters. The maximum absolute atomic E-state index is 5.24. The summed E-state index contributed by atoms with van der Waals surface area (Å²) in [7, 11) is 5.90. The molecule has 5 nitrogen and oxygen atoms in total. The molecular weight excluding hydrogens is 320 g/mol. The Balaban J connectivity index is 2.83. The molecule has 0 radical (unpaired) electrons. The number of halogens is 1. The molecule has 0 saturated carbocycles. The molecular formula is C14H27BrN4O. The van der Waals surface area contributed by atoms with Crippen molar-refractivity contribution in [1.82, 2.24) is 20.0 Å². The molecule has 0 aliphatic heterocycles. The van der Waals surface area contributed by atoms with Gasteiger partial charge in [0, 0.05) is 20.3 Å². The van der Waals surface area contributed by atoms with Crippen molar-refractivity contribution in [2.75, 3.05) is 40.9 Å². The molecule has 1 rings (SSSR count). The molecule has 0 fully saturated rings. The third-order valence-electron chi connectivity index (χ3n) is 3.17. The molecule has 0 bridgehead atoms. The molecule has 0 aliphatic carbocycles. The van der Waals surface area contributed by atoms with Gasteiger partial charge in [0.2, 0.25) is 0 Å². The minimum atomic E-state index is 0.272. The fourth-order valence-electron chi connectivity index (χ4n) is 2.08. The molecule has 116 valence electrons. The SMILES string of the molecule is CCCNC(CCOC)c1c(Br)cnn1CCN(C)C. The number of methoxy groups -OCH3 is 1. The number of nitrogens with zero attached hydrogens (tertiary/aromatic N) is 3. The average molecular weight is 347 g/mol. The van der Waals surface area contributed by atoms with Crippen LogP contribution in [0.3, 0.4) is 0 Å². The topological polar surface area (TPSA) is 42.3 Å². The van der Waals surface area contributed by atoms with Crippen molar-refractivity contribution >= 4 is 15.9 Å². The average Bonchev–Trinajstić information content (AvgIpc) is 2.78. The molecule has 1 aromatic rings. The van der Waals surface area contributed by atoms with Gasteiger partial charge in [-0.1, -0.05) is 6.92 Å². The summed E-state index contributed by atoms with van der Waals surface area (Å²) in [6.45, 7) is 5.79. The summed E-state index contributed by atoms with van der Waals surface area (Å²) in [4.78, 5) is 2.17. The van der Waals surface area contributed by atoms with Crippen LogP contribution in [0.15, 0.2) is 10.7 Å². The highest BCUT2D eigenvalue weighted by molar-refractivity contribution is 9.10. The Hall–Kier alpha value is -0.430. The Morgan fingerprint density at radius 2 is 2.25 bits per heavy atom. The number of ether oxygens (including phenoxy) is 1. The molecule has 6 heteroatoms. The molecule has 20 heavy (non-hydrogen) atoms. The molecule has 0 amide bonds. The van der Waals surface area contributed by atoms with Gasteiger partial charge in [-0.25, -0.2) is 0 Å². The second-order valence-corrected chi connectivity index (χ2v) is 6.05. The predicted octanol–water partition coefficient (Wildman–Crippen LogP) is 2.28. The Morgan fingerprint density at radius 1 is 1.50 bits per heavy atom. The Kier molecular flexibility index (Phi) is 8.37. The van der Waals surface area contributed by atoms with Crippen molar-refractivity contribution in [3.8, 4) is 0 Å². The van der Waals surface area contributed by atoms with Crippen molar-refractivity contribution in [3.63, 3.8) is 0 Å². The van der Waals surface area contributed by atoms with Gasteiger partial charge in [-0.3, -0.25) is 4.68 Å². The molecule has 1 N–H and O–H groups in total. The van der Waals surface area contributed by atoms with Gasteiger partial charge in [-0.2, -0.15) is 5.10 Å². The standard InChI is InChI=1S/C14H27BrN4O/c1-5-7-16-13(6-10-20-4)14-12(15)11-17-19(14)9-8-18(2)3/h11,13,16H,5-10H2,1-4H3. The highest BCUT2D eigenvalue weighted by atomic mass is 79.9. The molecule has 0 aromatic carbocycles. The van der Waals surface area contributed by atoms with Crippen LogP contribution in [-0.4, -0.2) is 55.6 Å². The van der Waals surface area contributed by atoms with E-state index in [2.05, 4.69) is 56.9 Å². The summed E-state index contributed by atoms with van der Waals surface area (Å²) in [6, 6.07) is 0.272. The van der Waals surface area contributed by atoms with Crippen LogP contribution in [0, 0.1) is 0 Å². The van der Waals surface area contributed by atoms with E-state index in [0.717, 1.165) is 43.6 Å². The number of aromatic nitrogens is 2. The summed E-state index contributed by atoms with van der Waals surface area (Å²) in [6.07, 6.45) is 3.95. The van der Waals surface area contributed by atoms with Gasteiger partial charge < -0.3 is 15.0 Å². The van der Waals surface area contributed by atoms with E-state index in [1.54, 1.807) is 7.11 Å². The lowest BCUT2D eigenvalue weighted by Gasteiger charge is -2.21.